The maximum atomic E-state index is 4.01. The van der Waals surface area contributed by atoms with Crippen molar-refractivity contribution >= 4 is 0 Å². The predicted molar refractivity (Wildman–Crippen MR) is 51.5 cm³/mol. The molecule has 2 heterocycles. The standard InChI is InChI=1S/C11H15N/c1-9-6-8-12-7-4-3-5-11(12)10(9)2/h6,8H,1,3-5,7H2,2H3. The summed E-state index contributed by atoms with van der Waals surface area (Å²) in [5, 5.41) is 0. The highest BCUT2D eigenvalue weighted by Crippen LogP contribution is 2.30. The molecule has 0 N–H and O–H groups in total. The Morgan fingerprint density at radius 2 is 2.25 bits per heavy atom. The maximum absolute atomic E-state index is 4.01. The first kappa shape index (κ1) is 7.66. The van der Waals surface area contributed by atoms with Crippen molar-refractivity contribution in [2.75, 3.05) is 6.54 Å². The quantitative estimate of drug-likeness (QED) is 0.528. The smallest absolute Gasteiger partial charge is 0.0222 e. The van der Waals surface area contributed by atoms with Crippen molar-refractivity contribution in [3.8, 4) is 0 Å². The van der Waals surface area contributed by atoms with Gasteiger partial charge < -0.3 is 4.90 Å². The van der Waals surface area contributed by atoms with E-state index in [2.05, 4.69) is 30.7 Å². The molecule has 64 valence electrons. The van der Waals surface area contributed by atoms with Gasteiger partial charge in [0.05, 0.1) is 0 Å². The molecule has 1 heteroatoms. The van der Waals surface area contributed by atoms with Crippen LogP contribution in [0.25, 0.3) is 0 Å². The van der Waals surface area contributed by atoms with E-state index in [1.165, 1.54) is 42.7 Å². The van der Waals surface area contributed by atoms with Gasteiger partial charge in [-0.05, 0) is 43.4 Å². The minimum Gasteiger partial charge on any atom is -0.351 e. The second-order valence-corrected chi connectivity index (χ2v) is 3.56. The Morgan fingerprint density at radius 3 is 3.08 bits per heavy atom. The summed E-state index contributed by atoms with van der Waals surface area (Å²) >= 11 is 0. The molecule has 0 aliphatic carbocycles. The van der Waals surface area contributed by atoms with Gasteiger partial charge in [0.1, 0.15) is 0 Å². The molecule has 1 saturated heterocycles. The topological polar surface area (TPSA) is 3.24 Å². The lowest BCUT2D eigenvalue weighted by atomic mass is 9.96. The fraction of sp³-hybridized carbons (Fsp3) is 0.455. The summed E-state index contributed by atoms with van der Waals surface area (Å²) in [5.41, 5.74) is 4.06. The van der Waals surface area contributed by atoms with E-state index in [-0.39, 0.29) is 0 Å². The maximum Gasteiger partial charge on any atom is 0.0222 e. The summed E-state index contributed by atoms with van der Waals surface area (Å²) in [6.07, 6.45) is 8.18. The average Bonchev–Trinajstić information content (AvgIpc) is 2.12. The lowest BCUT2D eigenvalue weighted by Crippen LogP contribution is -2.25. The summed E-state index contributed by atoms with van der Waals surface area (Å²) in [7, 11) is 0. The second kappa shape index (κ2) is 2.81. The molecule has 2 aliphatic rings. The summed E-state index contributed by atoms with van der Waals surface area (Å²) in [6, 6.07) is 0. The third-order valence-electron chi connectivity index (χ3n) is 2.78. The zero-order valence-electron chi connectivity index (χ0n) is 7.64. The molecule has 0 saturated carbocycles. The number of hydrogen-bond donors (Lipinski definition) is 0. The van der Waals surface area contributed by atoms with Crippen LogP contribution in [-0.4, -0.2) is 11.4 Å². The van der Waals surface area contributed by atoms with Crippen LogP contribution in [0.2, 0.25) is 0 Å². The number of allylic oxidation sites excluding steroid dienone is 4. The molecule has 2 rings (SSSR count). The van der Waals surface area contributed by atoms with Gasteiger partial charge in [0.15, 0.2) is 0 Å². The lowest BCUT2D eigenvalue weighted by Gasteiger charge is -2.33. The molecule has 0 aromatic rings. The Balaban J connectivity index is 2.33. The number of fused-ring (bicyclic) bond motifs is 1. The molecule has 0 unspecified atom stereocenters. The Hall–Kier alpha value is -0.980. The molecule has 0 atom stereocenters. The Kier molecular flexibility index (Phi) is 1.80. The number of rotatable bonds is 0. The van der Waals surface area contributed by atoms with Gasteiger partial charge in [-0.1, -0.05) is 6.58 Å². The van der Waals surface area contributed by atoms with E-state index in [0.717, 1.165) is 0 Å². The molecule has 0 aromatic carbocycles. The van der Waals surface area contributed by atoms with Crippen LogP contribution in [-0.2, 0) is 0 Å². The van der Waals surface area contributed by atoms with E-state index in [1.807, 2.05) is 0 Å². The summed E-state index contributed by atoms with van der Waals surface area (Å²) in [5.74, 6) is 0. The third-order valence-corrected chi connectivity index (χ3v) is 2.78. The molecule has 1 fully saturated rings. The zero-order chi connectivity index (χ0) is 8.55. The van der Waals surface area contributed by atoms with Crippen molar-refractivity contribution in [3.05, 3.63) is 35.7 Å². The summed E-state index contributed by atoms with van der Waals surface area (Å²) < 4.78 is 0. The van der Waals surface area contributed by atoms with E-state index in [1.54, 1.807) is 0 Å². The van der Waals surface area contributed by atoms with Crippen molar-refractivity contribution < 1.29 is 0 Å². The molecule has 0 bridgehead atoms. The second-order valence-electron chi connectivity index (χ2n) is 3.56. The minimum absolute atomic E-state index is 1.18. The van der Waals surface area contributed by atoms with Gasteiger partial charge in [0.2, 0.25) is 0 Å². The van der Waals surface area contributed by atoms with Gasteiger partial charge in [-0.2, -0.15) is 0 Å². The highest BCUT2D eigenvalue weighted by molar-refractivity contribution is 5.43. The monoisotopic (exact) mass is 161 g/mol. The van der Waals surface area contributed by atoms with Crippen LogP contribution in [0.4, 0.5) is 0 Å². The van der Waals surface area contributed by atoms with Gasteiger partial charge in [-0.3, -0.25) is 0 Å². The van der Waals surface area contributed by atoms with Gasteiger partial charge in [0.25, 0.3) is 0 Å². The Labute approximate surface area is 74.1 Å². The molecule has 0 amide bonds. The van der Waals surface area contributed by atoms with Crippen molar-refractivity contribution in [3.63, 3.8) is 0 Å². The first-order valence-corrected chi connectivity index (χ1v) is 4.63. The molecular weight excluding hydrogens is 146 g/mol. The zero-order valence-corrected chi connectivity index (χ0v) is 7.64. The third kappa shape index (κ3) is 1.09. The van der Waals surface area contributed by atoms with Crippen LogP contribution in [0.1, 0.15) is 26.2 Å². The summed E-state index contributed by atoms with van der Waals surface area (Å²) in [4.78, 5) is 2.37. The van der Waals surface area contributed by atoms with Crippen molar-refractivity contribution in [2.24, 2.45) is 0 Å². The average molecular weight is 161 g/mol. The van der Waals surface area contributed by atoms with Gasteiger partial charge >= 0.3 is 0 Å². The highest BCUT2D eigenvalue weighted by atomic mass is 15.1. The van der Waals surface area contributed by atoms with E-state index >= 15 is 0 Å². The van der Waals surface area contributed by atoms with Crippen molar-refractivity contribution in [2.45, 2.75) is 26.2 Å². The predicted octanol–water partition coefficient (Wildman–Crippen LogP) is 2.83. The lowest BCUT2D eigenvalue weighted by molar-refractivity contribution is 0.372. The van der Waals surface area contributed by atoms with Crippen molar-refractivity contribution in [1.82, 2.24) is 4.90 Å². The number of hydrogen-bond acceptors (Lipinski definition) is 1. The first-order chi connectivity index (χ1) is 5.79. The molecular formula is C11H15N. The van der Waals surface area contributed by atoms with Crippen LogP contribution < -0.4 is 0 Å². The number of nitrogens with zero attached hydrogens (tertiary/aromatic N) is 1. The van der Waals surface area contributed by atoms with Gasteiger partial charge in [0, 0.05) is 18.4 Å². The number of piperidine rings is 1. The molecule has 2 aliphatic heterocycles. The SMILES string of the molecule is C=C1C=CN2CCCCC2=C1C. The fourth-order valence-corrected chi connectivity index (χ4v) is 1.91. The van der Waals surface area contributed by atoms with E-state index in [0.29, 0.717) is 0 Å². The van der Waals surface area contributed by atoms with Crippen LogP contribution in [0.15, 0.2) is 35.7 Å². The van der Waals surface area contributed by atoms with E-state index in [4.69, 9.17) is 0 Å². The summed E-state index contributed by atoms with van der Waals surface area (Å²) in [6.45, 7) is 7.39. The van der Waals surface area contributed by atoms with Crippen LogP contribution >= 0.6 is 0 Å². The van der Waals surface area contributed by atoms with Crippen LogP contribution in [0.3, 0.4) is 0 Å². The highest BCUT2D eigenvalue weighted by Gasteiger charge is 2.18. The molecule has 1 nitrogen and oxygen atoms in total. The van der Waals surface area contributed by atoms with E-state index in [9.17, 15) is 0 Å². The molecule has 12 heavy (non-hydrogen) atoms. The van der Waals surface area contributed by atoms with Crippen LogP contribution in [0, 0.1) is 0 Å². The largest absolute Gasteiger partial charge is 0.351 e. The molecule has 0 radical (unpaired) electrons. The van der Waals surface area contributed by atoms with Crippen LogP contribution in [0.5, 0.6) is 0 Å². The fourth-order valence-electron chi connectivity index (χ4n) is 1.91. The Bertz CT molecular complexity index is 271. The normalized spacial score (nSPS) is 23.1. The molecule has 0 spiro atoms. The van der Waals surface area contributed by atoms with E-state index < -0.39 is 0 Å². The molecule has 0 aromatic heterocycles. The first-order valence-electron chi connectivity index (χ1n) is 4.63. The minimum atomic E-state index is 1.18. The van der Waals surface area contributed by atoms with Gasteiger partial charge in [-0.15, -0.1) is 0 Å². The Morgan fingerprint density at radius 1 is 1.42 bits per heavy atom. The van der Waals surface area contributed by atoms with Crippen molar-refractivity contribution in [1.29, 1.82) is 0 Å². The van der Waals surface area contributed by atoms with Gasteiger partial charge in [-0.25, -0.2) is 0 Å².